The van der Waals surface area contributed by atoms with Gasteiger partial charge in [0.05, 0.1) is 5.02 Å². The maximum atomic E-state index is 13.2. The van der Waals surface area contributed by atoms with Crippen LogP contribution in [0.25, 0.3) is 0 Å². The average Bonchev–Trinajstić information content (AvgIpc) is 2.23. The molecule has 1 aromatic rings. The van der Waals surface area contributed by atoms with Gasteiger partial charge < -0.3 is 0 Å². The zero-order chi connectivity index (χ0) is 12.1. The van der Waals surface area contributed by atoms with Crippen LogP contribution in [0, 0.1) is 11.7 Å². The molecule has 0 fully saturated rings. The Bertz CT molecular complexity index is 339. The first-order chi connectivity index (χ1) is 7.50. The van der Waals surface area contributed by atoms with E-state index in [1.165, 1.54) is 6.07 Å². The SMILES string of the molecule is CC(C)C(Br)CCCc1ccc(Cl)c(F)c1. The Morgan fingerprint density at radius 3 is 2.62 bits per heavy atom. The van der Waals surface area contributed by atoms with Crippen LogP contribution in [-0.4, -0.2) is 4.83 Å². The van der Waals surface area contributed by atoms with Gasteiger partial charge in [0.15, 0.2) is 0 Å². The van der Waals surface area contributed by atoms with Crippen molar-refractivity contribution < 1.29 is 4.39 Å². The van der Waals surface area contributed by atoms with Crippen molar-refractivity contribution in [3.8, 4) is 0 Å². The van der Waals surface area contributed by atoms with E-state index >= 15 is 0 Å². The van der Waals surface area contributed by atoms with E-state index in [2.05, 4.69) is 29.8 Å². The Balaban J connectivity index is 2.40. The maximum Gasteiger partial charge on any atom is 0.142 e. The molecule has 0 saturated heterocycles. The minimum absolute atomic E-state index is 0.198. The molecule has 1 atom stereocenters. The molecule has 0 spiro atoms. The Labute approximate surface area is 110 Å². The first-order valence-electron chi connectivity index (χ1n) is 5.58. The highest BCUT2D eigenvalue weighted by molar-refractivity contribution is 9.09. The summed E-state index contributed by atoms with van der Waals surface area (Å²) >= 11 is 9.27. The molecule has 1 unspecified atom stereocenters. The highest BCUT2D eigenvalue weighted by atomic mass is 79.9. The predicted octanol–water partition coefficient (Wildman–Crippen LogP) is 5.22. The zero-order valence-electron chi connectivity index (χ0n) is 9.64. The second kappa shape index (κ2) is 6.61. The number of aryl methyl sites for hydroxylation is 1. The summed E-state index contributed by atoms with van der Waals surface area (Å²) in [6, 6.07) is 5.05. The van der Waals surface area contributed by atoms with Crippen molar-refractivity contribution in [3.63, 3.8) is 0 Å². The van der Waals surface area contributed by atoms with Crippen LogP contribution in [0.3, 0.4) is 0 Å². The van der Waals surface area contributed by atoms with Crippen molar-refractivity contribution >= 4 is 27.5 Å². The Hall–Kier alpha value is -0.0800. The molecule has 0 aromatic heterocycles. The molecule has 0 radical (unpaired) electrons. The van der Waals surface area contributed by atoms with Gasteiger partial charge in [0.2, 0.25) is 0 Å². The van der Waals surface area contributed by atoms with E-state index < -0.39 is 0 Å². The van der Waals surface area contributed by atoms with Gasteiger partial charge >= 0.3 is 0 Å². The van der Waals surface area contributed by atoms with E-state index in [-0.39, 0.29) is 10.8 Å². The van der Waals surface area contributed by atoms with Crippen molar-refractivity contribution in [1.82, 2.24) is 0 Å². The van der Waals surface area contributed by atoms with Crippen LogP contribution < -0.4 is 0 Å². The van der Waals surface area contributed by atoms with E-state index in [0.717, 1.165) is 24.8 Å². The number of halogens is 3. The molecule has 0 bridgehead atoms. The largest absolute Gasteiger partial charge is 0.205 e. The lowest BCUT2D eigenvalue weighted by molar-refractivity contribution is 0.561. The Kier molecular flexibility index (Phi) is 5.77. The van der Waals surface area contributed by atoms with Crippen molar-refractivity contribution in [2.75, 3.05) is 0 Å². The molecule has 16 heavy (non-hydrogen) atoms. The Morgan fingerprint density at radius 1 is 1.38 bits per heavy atom. The van der Waals surface area contributed by atoms with Crippen LogP contribution in [0.15, 0.2) is 18.2 Å². The normalized spacial score (nSPS) is 13.1. The topological polar surface area (TPSA) is 0 Å². The molecule has 1 aromatic carbocycles. The second-order valence-electron chi connectivity index (χ2n) is 4.40. The minimum atomic E-state index is -0.321. The smallest absolute Gasteiger partial charge is 0.142 e. The molecular weight excluding hydrogens is 290 g/mol. The van der Waals surface area contributed by atoms with Crippen molar-refractivity contribution in [3.05, 3.63) is 34.6 Å². The van der Waals surface area contributed by atoms with Crippen LogP contribution in [0.1, 0.15) is 32.3 Å². The van der Waals surface area contributed by atoms with Gasteiger partial charge in [0.1, 0.15) is 5.82 Å². The summed E-state index contributed by atoms with van der Waals surface area (Å²) in [4.78, 5) is 0.546. The first kappa shape index (κ1) is 14.0. The lowest BCUT2D eigenvalue weighted by Crippen LogP contribution is -2.07. The average molecular weight is 308 g/mol. The highest BCUT2D eigenvalue weighted by Crippen LogP contribution is 2.20. The van der Waals surface area contributed by atoms with Crippen LogP contribution >= 0.6 is 27.5 Å². The molecule has 0 aliphatic rings. The molecule has 0 saturated carbocycles. The third-order valence-electron chi connectivity index (χ3n) is 2.65. The van der Waals surface area contributed by atoms with Gasteiger partial charge in [0, 0.05) is 4.83 Å². The van der Waals surface area contributed by atoms with Gasteiger partial charge in [-0.3, -0.25) is 0 Å². The summed E-state index contributed by atoms with van der Waals surface area (Å²) in [5.74, 6) is 0.320. The molecule has 0 aliphatic heterocycles. The molecule has 0 N–H and O–H groups in total. The van der Waals surface area contributed by atoms with Crippen molar-refractivity contribution in [2.45, 2.75) is 37.9 Å². The molecule has 90 valence electrons. The molecule has 1 rings (SSSR count). The van der Waals surface area contributed by atoms with Gasteiger partial charge in [0.25, 0.3) is 0 Å². The molecule has 3 heteroatoms. The fourth-order valence-electron chi connectivity index (χ4n) is 1.53. The third-order valence-corrected chi connectivity index (χ3v) is 4.47. The van der Waals surface area contributed by atoms with Gasteiger partial charge in [-0.2, -0.15) is 0 Å². The van der Waals surface area contributed by atoms with Gasteiger partial charge in [-0.1, -0.05) is 47.4 Å². The summed E-state index contributed by atoms with van der Waals surface area (Å²) in [6.07, 6.45) is 3.08. The summed E-state index contributed by atoms with van der Waals surface area (Å²) in [5.41, 5.74) is 1.02. The van der Waals surface area contributed by atoms with Crippen molar-refractivity contribution in [2.24, 2.45) is 5.92 Å². The lowest BCUT2D eigenvalue weighted by Gasteiger charge is -2.13. The Morgan fingerprint density at radius 2 is 2.06 bits per heavy atom. The fraction of sp³-hybridized carbons (Fsp3) is 0.538. The number of rotatable bonds is 5. The van der Waals surface area contributed by atoms with E-state index in [1.807, 2.05) is 6.07 Å². The van der Waals surface area contributed by atoms with Gasteiger partial charge in [-0.05, 0) is 42.9 Å². The molecular formula is C13H17BrClF. The molecule has 0 amide bonds. The maximum absolute atomic E-state index is 13.2. The summed E-state index contributed by atoms with van der Waals surface area (Å²) in [7, 11) is 0. The number of benzene rings is 1. The highest BCUT2D eigenvalue weighted by Gasteiger charge is 2.08. The zero-order valence-corrected chi connectivity index (χ0v) is 12.0. The number of hydrogen-bond acceptors (Lipinski definition) is 0. The van der Waals surface area contributed by atoms with E-state index in [4.69, 9.17) is 11.6 Å². The number of alkyl halides is 1. The lowest BCUT2D eigenvalue weighted by atomic mass is 10.0. The van der Waals surface area contributed by atoms with E-state index in [9.17, 15) is 4.39 Å². The van der Waals surface area contributed by atoms with Crippen LogP contribution in [0.2, 0.25) is 5.02 Å². The summed E-state index contributed by atoms with van der Waals surface area (Å²) < 4.78 is 13.2. The minimum Gasteiger partial charge on any atom is -0.205 e. The van der Waals surface area contributed by atoms with Gasteiger partial charge in [-0.25, -0.2) is 4.39 Å². The molecule has 0 nitrogen and oxygen atoms in total. The first-order valence-corrected chi connectivity index (χ1v) is 6.88. The second-order valence-corrected chi connectivity index (χ2v) is 5.98. The quantitative estimate of drug-likeness (QED) is 0.654. The van der Waals surface area contributed by atoms with Crippen LogP contribution in [0.4, 0.5) is 4.39 Å². The van der Waals surface area contributed by atoms with Crippen LogP contribution in [-0.2, 0) is 6.42 Å². The molecule has 0 aliphatic carbocycles. The third kappa shape index (κ3) is 4.42. The standard InChI is InChI=1S/C13H17BrClF/c1-9(2)11(14)5-3-4-10-6-7-12(15)13(16)8-10/h6-9,11H,3-5H2,1-2H3. The van der Waals surface area contributed by atoms with Gasteiger partial charge in [-0.15, -0.1) is 0 Å². The predicted molar refractivity (Wildman–Crippen MR) is 71.9 cm³/mol. The fourth-order valence-corrected chi connectivity index (χ4v) is 1.97. The van der Waals surface area contributed by atoms with E-state index in [1.54, 1.807) is 6.07 Å². The summed E-state index contributed by atoms with van der Waals surface area (Å²) in [5, 5.41) is 0.198. The van der Waals surface area contributed by atoms with E-state index in [0.29, 0.717) is 10.7 Å². The van der Waals surface area contributed by atoms with Crippen molar-refractivity contribution in [1.29, 1.82) is 0 Å². The molecule has 0 heterocycles. The monoisotopic (exact) mass is 306 g/mol. The summed E-state index contributed by atoms with van der Waals surface area (Å²) in [6.45, 7) is 4.39. The van der Waals surface area contributed by atoms with Crippen LogP contribution in [0.5, 0.6) is 0 Å². The number of hydrogen-bond donors (Lipinski definition) is 0.